The number of para-hydroxylation sites is 1. The van der Waals surface area contributed by atoms with Crippen LogP contribution in [-0.4, -0.2) is 16.7 Å². The number of fused-ring (bicyclic) bond motifs is 11. The second-order valence-corrected chi connectivity index (χ2v) is 32.1. The Morgan fingerprint density at radius 1 is 0.292 bits per heavy atom. The van der Waals surface area contributed by atoms with Gasteiger partial charge in [0.25, 0.3) is 6.71 Å². The van der Waals surface area contributed by atoms with Gasteiger partial charge >= 0.3 is 0 Å². The number of rotatable bonds is 4. The van der Waals surface area contributed by atoms with Gasteiger partial charge in [-0.2, -0.15) is 0 Å². The van der Waals surface area contributed by atoms with E-state index < -0.39 is 0 Å². The van der Waals surface area contributed by atoms with E-state index in [0.717, 1.165) is 50.5 Å². The first-order chi connectivity index (χ1) is 41.9. The lowest BCUT2D eigenvalue weighted by Crippen LogP contribution is -2.61. The molecule has 0 bridgehead atoms. The van der Waals surface area contributed by atoms with Gasteiger partial charge in [0.05, 0.1) is 11.2 Å². The highest BCUT2D eigenvalue weighted by Crippen LogP contribution is 2.51. The zero-order valence-electron chi connectivity index (χ0n) is 55.8. The van der Waals surface area contributed by atoms with E-state index >= 15 is 0 Å². The van der Waals surface area contributed by atoms with Crippen LogP contribution in [0.5, 0.6) is 0 Å². The lowest BCUT2D eigenvalue weighted by atomic mass is 9.33. The third-order valence-electron chi connectivity index (χ3n) is 19.4. The minimum absolute atomic E-state index is 0.0948. The van der Waals surface area contributed by atoms with Crippen LogP contribution in [0.3, 0.4) is 0 Å². The predicted molar refractivity (Wildman–Crippen MR) is 387 cm³/mol. The van der Waals surface area contributed by atoms with Crippen molar-refractivity contribution in [2.24, 2.45) is 0 Å². The maximum atomic E-state index is 5.92. The Kier molecular flexibility index (Phi) is 13.1. The average molecular weight is 1160 g/mol. The maximum Gasteiger partial charge on any atom is 0.252 e. The van der Waals surface area contributed by atoms with E-state index in [4.69, 9.17) is 9.97 Å². The maximum absolute atomic E-state index is 5.92. The van der Waals surface area contributed by atoms with Crippen LogP contribution in [0.2, 0.25) is 0 Å². The fourth-order valence-corrected chi connectivity index (χ4v) is 14.0. The highest BCUT2D eigenvalue weighted by Gasteiger charge is 2.45. The number of anilines is 6. The van der Waals surface area contributed by atoms with Crippen molar-refractivity contribution in [3.63, 3.8) is 0 Å². The van der Waals surface area contributed by atoms with E-state index in [-0.39, 0.29) is 39.2 Å². The molecular formula is C84H85BN4. The molecule has 0 aliphatic carbocycles. The molecule has 0 atom stereocenters. The topological polar surface area (TPSA) is 32.3 Å². The quantitative estimate of drug-likeness (QED) is 0.130. The Bertz CT molecular complexity index is 4600. The van der Waals surface area contributed by atoms with Crippen LogP contribution in [0.15, 0.2) is 188 Å². The van der Waals surface area contributed by atoms with Gasteiger partial charge < -0.3 is 9.80 Å². The molecule has 89 heavy (non-hydrogen) atoms. The van der Waals surface area contributed by atoms with Crippen LogP contribution >= 0.6 is 0 Å². The van der Waals surface area contributed by atoms with E-state index in [0.29, 0.717) is 5.82 Å². The number of nitrogens with zero attached hydrogens (tertiary/aromatic N) is 4. The van der Waals surface area contributed by atoms with Gasteiger partial charge in [0.1, 0.15) is 0 Å². The molecule has 0 spiro atoms. The highest BCUT2D eigenvalue weighted by atomic mass is 15.2. The number of benzene rings is 11. The van der Waals surface area contributed by atoms with Crippen molar-refractivity contribution in [2.45, 2.75) is 157 Å². The van der Waals surface area contributed by atoms with E-state index in [9.17, 15) is 0 Å². The van der Waals surface area contributed by atoms with Crippen molar-refractivity contribution < 1.29 is 0 Å². The molecule has 11 aromatic carbocycles. The minimum atomic E-state index is -0.164. The Balaban J connectivity index is 1.18. The van der Waals surface area contributed by atoms with Crippen molar-refractivity contribution >= 4 is 111 Å². The second kappa shape index (κ2) is 20.0. The van der Waals surface area contributed by atoms with Gasteiger partial charge in [0.15, 0.2) is 5.82 Å². The summed E-state index contributed by atoms with van der Waals surface area (Å²) < 4.78 is 0. The molecule has 0 fully saturated rings. The molecule has 2 aliphatic rings. The summed E-state index contributed by atoms with van der Waals surface area (Å²) in [6.07, 6.45) is 0. The summed E-state index contributed by atoms with van der Waals surface area (Å²) in [7, 11) is 0. The molecule has 4 nitrogen and oxygen atoms in total. The lowest BCUT2D eigenvalue weighted by Gasteiger charge is -2.45. The SMILES string of the molecule is CC(C)(C)c1cc(-c2nc(-c3cc4c5c(c3)N(c3cc(C(C)(C)C)cc(C(C)(C)C)c3)c3cc6c(ccc7ccccc76)cc3B5c3cc5ccc6ccccc6c5cc3N4c3cc(C(C)(C)C)cc(C(C)(C)C)c3)nc3ccccc23)cc(C(C)(C)C)c1. The summed E-state index contributed by atoms with van der Waals surface area (Å²) in [5, 5.41) is 10.9. The molecule has 0 N–H and O–H groups in total. The summed E-state index contributed by atoms with van der Waals surface area (Å²) in [5.41, 5.74) is 21.6. The summed E-state index contributed by atoms with van der Waals surface area (Å²) in [6, 6.07) is 72.9. The molecule has 444 valence electrons. The zero-order chi connectivity index (χ0) is 62.8. The molecule has 0 radical (unpaired) electrons. The Hall–Kier alpha value is -8.54. The third kappa shape index (κ3) is 9.99. The van der Waals surface area contributed by atoms with Crippen LogP contribution in [0.4, 0.5) is 34.1 Å². The average Bonchev–Trinajstić information content (AvgIpc) is 0.721. The first kappa shape index (κ1) is 58.2. The van der Waals surface area contributed by atoms with Crippen LogP contribution in [0.1, 0.15) is 158 Å². The number of hydrogen-bond acceptors (Lipinski definition) is 4. The van der Waals surface area contributed by atoms with Gasteiger partial charge in [0, 0.05) is 50.6 Å². The number of hydrogen-bond donors (Lipinski definition) is 0. The molecule has 0 saturated carbocycles. The summed E-state index contributed by atoms with van der Waals surface area (Å²) >= 11 is 0. The summed E-state index contributed by atoms with van der Waals surface area (Å²) in [5.74, 6) is 0.691. The Labute approximate surface area is 529 Å². The van der Waals surface area contributed by atoms with E-state index in [1.165, 1.54) is 104 Å². The van der Waals surface area contributed by atoms with Gasteiger partial charge in [-0.1, -0.05) is 246 Å². The van der Waals surface area contributed by atoms with Gasteiger partial charge in [-0.3, -0.25) is 0 Å². The van der Waals surface area contributed by atoms with Gasteiger partial charge in [0.2, 0.25) is 0 Å². The van der Waals surface area contributed by atoms with E-state index in [2.05, 4.69) is 322 Å². The van der Waals surface area contributed by atoms with Crippen LogP contribution < -0.4 is 26.2 Å². The fourth-order valence-electron chi connectivity index (χ4n) is 14.0. The first-order valence-electron chi connectivity index (χ1n) is 32.3. The fraction of sp³-hybridized carbons (Fsp3) is 0.286. The van der Waals surface area contributed by atoms with Crippen molar-refractivity contribution in [1.29, 1.82) is 0 Å². The van der Waals surface area contributed by atoms with Crippen molar-refractivity contribution in [3.05, 3.63) is 221 Å². The monoisotopic (exact) mass is 1160 g/mol. The smallest absolute Gasteiger partial charge is 0.252 e. The van der Waals surface area contributed by atoms with E-state index in [1.54, 1.807) is 0 Å². The van der Waals surface area contributed by atoms with Gasteiger partial charge in [-0.15, -0.1) is 0 Å². The molecule has 1 aromatic heterocycles. The molecule has 0 saturated heterocycles. The molecular weight excluding hydrogens is 1080 g/mol. The normalized spacial score (nSPS) is 13.9. The van der Waals surface area contributed by atoms with Crippen molar-refractivity contribution in [2.75, 3.05) is 9.80 Å². The lowest BCUT2D eigenvalue weighted by molar-refractivity contribution is 0.568. The summed E-state index contributed by atoms with van der Waals surface area (Å²) in [4.78, 5) is 16.9. The predicted octanol–water partition coefficient (Wildman–Crippen LogP) is 21.4. The van der Waals surface area contributed by atoms with Crippen LogP contribution in [0, 0.1) is 0 Å². The standard InChI is InChI=1S/C84H85BN4/c1-79(2,3)56-35-54(36-57(41-56)80(4,5)6)77-66-29-23-24-30-71(66)86-78(87-77)55-39-74-76-75(40-55)89(63-46-60(83(13,14)15)43-61(47-63)84(16,17)18)73-49-68-53(34-32-51-26-20-22-28-65(51)68)38-70(73)85(76)69-37-52-33-31-50-25-19-21-27-64(50)67(52)48-72(69)88(74)62-44-58(81(7,8)9)42-59(45-62)82(10,11)12/h19-49H,1-18H3. The Morgan fingerprint density at radius 3 is 1.06 bits per heavy atom. The molecule has 3 heterocycles. The first-order valence-corrected chi connectivity index (χ1v) is 32.3. The number of aromatic nitrogens is 2. The molecule has 2 aliphatic heterocycles. The van der Waals surface area contributed by atoms with Crippen LogP contribution in [0.25, 0.3) is 76.6 Å². The molecule has 5 heteroatoms. The minimum Gasteiger partial charge on any atom is -0.311 e. The zero-order valence-corrected chi connectivity index (χ0v) is 55.8. The second-order valence-electron chi connectivity index (χ2n) is 32.1. The highest BCUT2D eigenvalue weighted by molar-refractivity contribution is 7.00. The van der Waals surface area contributed by atoms with Gasteiger partial charge in [-0.05, 0) is 192 Å². The van der Waals surface area contributed by atoms with Gasteiger partial charge in [-0.25, -0.2) is 9.97 Å². The summed E-state index contributed by atoms with van der Waals surface area (Å²) in [6.45, 7) is 42.1. The van der Waals surface area contributed by atoms with Crippen molar-refractivity contribution in [3.8, 4) is 22.6 Å². The molecule has 0 unspecified atom stereocenters. The third-order valence-corrected chi connectivity index (χ3v) is 19.4. The Morgan fingerprint density at radius 2 is 0.652 bits per heavy atom. The van der Waals surface area contributed by atoms with Crippen molar-refractivity contribution in [1.82, 2.24) is 9.97 Å². The molecule has 14 rings (SSSR count). The largest absolute Gasteiger partial charge is 0.311 e. The molecule has 0 amide bonds. The molecule has 12 aromatic rings. The van der Waals surface area contributed by atoms with Crippen LogP contribution in [-0.2, 0) is 32.5 Å². The van der Waals surface area contributed by atoms with E-state index in [1.807, 2.05) is 0 Å².